The molecule has 3 heteroatoms. The van der Waals surface area contributed by atoms with Gasteiger partial charge in [0.2, 0.25) is 0 Å². The van der Waals surface area contributed by atoms with E-state index in [0.29, 0.717) is 0 Å². The van der Waals surface area contributed by atoms with Crippen molar-refractivity contribution in [2.75, 3.05) is 6.54 Å². The van der Waals surface area contributed by atoms with Gasteiger partial charge in [0.1, 0.15) is 5.82 Å². The number of aryl methyl sites for hydroxylation is 2. The summed E-state index contributed by atoms with van der Waals surface area (Å²) in [6, 6.07) is 11.2. The predicted octanol–water partition coefficient (Wildman–Crippen LogP) is 4.90. The maximum absolute atomic E-state index is 13.6. The topological polar surface area (TPSA) is 12.0 Å². The summed E-state index contributed by atoms with van der Waals surface area (Å²) < 4.78 is 14.6. The number of halogens is 2. The molecule has 0 fully saturated rings. The molecular weight excluding hydrogens is 317 g/mol. The lowest BCUT2D eigenvalue weighted by Crippen LogP contribution is -2.23. The van der Waals surface area contributed by atoms with Crippen LogP contribution < -0.4 is 5.32 Å². The molecule has 20 heavy (non-hydrogen) atoms. The minimum absolute atomic E-state index is 0.00704. The standard InChI is InChI=1S/C17H19BrFN/c1-4-20-17(13-7-5-12(3)16(18)9-13)15-10-14(19)8-6-11(15)2/h5-10,17,20H,4H2,1-3H3. The molecule has 0 aliphatic heterocycles. The zero-order valence-electron chi connectivity index (χ0n) is 12.0. The Morgan fingerprint density at radius 1 is 1.10 bits per heavy atom. The van der Waals surface area contributed by atoms with Crippen molar-refractivity contribution in [2.45, 2.75) is 26.8 Å². The fraction of sp³-hybridized carbons (Fsp3) is 0.294. The van der Waals surface area contributed by atoms with Gasteiger partial charge in [-0.05, 0) is 60.8 Å². The Morgan fingerprint density at radius 3 is 2.45 bits per heavy atom. The molecular formula is C17H19BrFN. The predicted molar refractivity (Wildman–Crippen MR) is 85.5 cm³/mol. The van der Waals surface area contributed by atoms with Crippen molar-refractivity contribution >= 4 is 15.9 Å². The Hall–Kier alpha value is -1.19. The summed E-state index contributed by atoms with van der Waals surface area (Å²) in [5.74, 6) is -0.195. The largest absolute Gasteiger partial charge is 0.307 e. The minimum Gasteiger partial charge on any atom is -0.307 e. The normalized spacial score (nSPS) is 12.4. The maximum Gasteiger partial charge on any atom is 0.123 e. The van der Waals surface area contributed by atoms with Crippen LogP contribution >= 0.6 is 15.9 Å². The molecule has 0 spiro atoms. The van der Waals surface area contributed by atoms with E-state index in [0.717, 1.165) is 27.7 Å². The molecule has 0 amide bonds. The third kappa shape index (κ3) is 3.28. The molecule has 0 saturated heterocycles. The molecule has 1 atom stereocenters. The lowest BCUT2D eigenvalue weighted by molar-refractivity contribution is 0.600. The van der Waals surface area contributed by atoms with Crippen molar-refractivity contribution < 1.29 is 4.39 Å². The van der Waals surface area contributed by atoms with Crippen LogP contribution in [0.2, 0.25) is 0 Å². The molecule has 0 saturated carbocycles. The second-order valence-electron chi connectivity index (χ2n) is 5.00. The first-order valence-corrected chi connectivity index (χ1v) is 7.57. The SMILES string of the molecule is CCNC(c1ccc(C)c(Br)c1)c1cc(F)ccc1C. The Morgan fingerprint density at radius 2 is 1.80 bits per heavy atom. The molecule has 2 rings (SSSR count). The van der Waals surface area contributed by atoms with Crippen molar-refractivity contribution in [3.05, 3.63) is 68.9 Å². The molecule has 2 aromatic carbocycles. The number of hydrogen-bond acceptors (Lipinski definition) is 1. The molecule has 2 aromatic rings. The number of benzene rings is 2. The van der Waals surface area contributed by atoms with Gasteiger partial charge in [0.25, 0.3) is 0 Å². The summed E-state index contributed by atoms with van der Waals surface area (Å²) in [7, 11) is 0. The average molecular weight is 336 g/mol. The molecule has 0 aromatic heterocycles. The molecule has 0 bridgehead atoms. The quantitative estimate of drug-likeness (QED) is 0.837. The summed E-state index contributed by atoms with van der Waals surface area (Å²) in [5.41, 5.74) is 4.41. The minimum atomic E-state index is -0.195. The molecule has 106 valence electrons. The van der Waals surface area contributed by atoms with Crippen LogP contribution in [0.1, 0.15) is 35.2 Å². The first kappa shape index (κ1) is 15.2. The third-order valence-electron chi connectivity index (χ3n) is 3.49. The first-order chi connectivity index (χ1) is 9.52. The van der Waals surface area contributed by atoms with Crippen LogP contribution in [-0.4, -0.2) is 6.54 Å². The van der Waals surface area contributed by atoms with E-state index in [2.05, 4.69) is 53.3 Å². The Kier molecular flexibility index (Phi) is 4.95. The highest BCUT2D eigenvalue weighted by molar-refractivity contribution is 9.10. The van der Waals surface area contributed by atoms with Crippen LogP contribution in [0.5, 0.6) is 0 Å². The fourth-order valence-electron chi connectivity index (χ4n) is 2.32. The van der Waals surface area contributed by atoms with Crippen molar-refractivity contribution in [2.24, 2.45) is 0 Å². The van der Waals surface area contributed by atoms with E-state index in [9.17, 15) is 4.39 Å². The van der Waals surface area contributed by atoms with Gasteiger partial charge in [0, 0.05) is 4.47 Å². The molecule has 0 heterocycles. The number of hydrogen-bond donors (Lipinski definition) is 1. The monoisotopic (exact) mass is 335 g/mol. The van der Waals surface area contributed by atoms with Crippen LogP contribution in [0.15, 0.2) is 40.9 Å². The number of rotatable bonds is 4. The summed E-state index contributed by atoms with van der Waals surface area (Å²) in [6.45, 7) is 6.96. The molecule has 1 nitrogen and oxygen atoms in total. The van der Waals surface area contributed by atoms with Gasteiger partial charge in [-0.3, -0.25) is 0 Å². The Balaban J connectivity index is 2.49. The maximum atomic E-state index is 13.6. The highest BCUT2D eigenvalue weighted by atomic mass is 79.9. The van der Waals surface area contributed by atoms with Crippen LogP contribution in [0, 0.1) is 19.7 Å². The smallest absolute Gasteiger partial charge is 0.123 e. The van der Waals surface area contributed by atoms with E-state index < -0.39 is 0 Å². The number of nitrogens with one attached hydrogen (secondary N) is 1. The lowest BCUT2D eigenvalue weighted by atomic mass is 9.94. The van der Waals surface area contributed by atoms with Gasteiger partial charge in [-0.15, -0.1) is 0 Å². The van der Waals surface area contributed by atoms with Crippen molar-refractivity contribution in [3.8, 4) is 0 Å². The zero-order valence-corrected chi connectivity index (χ0v) is 13.6. The van der Waals surface area contributed by atoms with Gasteiger partial charge in [-0.1, -0.05) is 41.1 Å². The van der Waals surface area contributed by atoms with Crippen molar-refractivity contribution in [1.82, 2.24) is 5.32 Å². The van der Waals surface area contributed by atoms with Gasteiger partial charge in [-0.25, -0.2) is 4.39 Å². The van der Waals surface area contributed by atoms with Gasteiger partial charge in [-0.2, -0.15) is 0 Å². The lowest BCUT2D eigenvalue weighted by Gasteiger charge is -2.21. The van der Waals surface area contributed by atoms with Gasteiger partial charge in [0.05, 0.1) is 6.04 Å². The molecule has 0 aliphatic rings. The van der Waals surface area contributed by atoms with Gasteiger partial charge >= 0.3 is 0 Å². The second-order valence-corrected chi connectivity index (χ2v) is 5.85. The van der Waals surface area contributed by atoms with Crippen LogP contribution in [0.4, 0.5) is 4.39 Å². The highest BCUT2D eigenvalue weighted by Gasteiger charge is 2.16. The summed E-state index contributed by atoms with van der Waals surface area (Å²) in [4.78, 5) is 0. The molecule has 0 radical (unpaired) electrons. The van der Waals surface area contributed by atoms with E-state index in [1.54, 1.807) is 6.07 Å². The van der Waals surface area contributed by atoms with E-state index >= 15 is 0 Å². The molecule has 1 unspecified atom stereocenters. The van der Waals surface area contributed by atoms with E-state index in [1.807, 2.05) is 13.0 Å². The molecule has 1 N–H and O–H groups in total. The van der Waals surface area contributed by atoms with Crippen molar-refractivity contribution in [1.29, 1.82) is 0 Å². The Labute approximate surface area is 128 Å². The summed E-state index contributed by atoms with van der Waals surface area (Å²) in [6.07, 6.45) is 0. The van der Waals surface area contributed by atoms with E-state index in [1.165, 1.54) is 11.6 Å². The third-order valence-corrected chi connectivity index (χ3v) is 4.34. The second kappa shape index (κ2) is 6.51. The average Bonchev–Trinajstić information content (AvgIpc) is 2.42. The summed E-state index contributed by atoms with van der Waals surface area (Å²) >= 11 is 3.57. The van der Waals surface area contributed by atoms with Gasteiger partial charge in [0.15, 0.2) is 0 Å². The van der Waals surface area contributed by atoms with E-state index in [-0.39, 0.29) is 11.9 Å². The first-order valence-electron chi connectivity index (χ1n) is 6.78. The van der Waals surface area contributed by atoms with E-state index in [4.69, 9.17) is 0 Å². The highest BCUT2D eigenvalue weighted by Crippen LogP contribution is 2.28. The summed E-state index contributed by atoms with van der Waals surface area (Å²) in [5, 5.41) is 3.44. The van der Waals surface area contributed by atoms with Crippen LogP contribution in [-0.2, 0) is 0 Å². The zero-order chi connectivity index (χ0) is 14.7. The Bertz CT molecular complexity index is 610. The van der Waals surface area contributed by atoms with Crippen molar-refractivity contribution in [3.63, 3.8) is 0 Å². The molecule has 0 aliphatic carbocycles. The van der Waals surface area contributed by atoms with Crippen LogP contribution in [0.3, 0.4) is 0 Å². The van der Waals surface area contributed by atoms with Gasteiger partial charge < -0.3 is 5.32 Å². The fourth-order valence-corrected chi connectivity index (χ4v) is 2.72. The van der Waals surface area contributed by atoms with Crippen LogP contribution in [0.25, 0.3) is 0 Å².